The third-order valence-electron chi connectivity index (χ3n) is 6.85. The van der Waals surface area contributed by atoms with Crippen LogP contribution in [0.5, 0.6) is 0 Å². The van der Waals surface area contributed by atoms with Gasteiger partial charge in [0.05, 0.1) is 6.61 Å². The van der Waals surface area contributed by atoms with E-state index in [2.05, 4.69) is 92.4 Å². The quantitative estimate of drug-likeness (QED) is 0.246. The number of hydrogen-bond acceptors (Lipinski definition) is 1. The van der Waals surface area contributed by atoms with E-state index < -0.39 is 0 Å². The molecule has 0 heterocycles. The Bertz CT molecular complexity index is 958. The summed E-state index contributed by atoms with van der Waals surface area (Å²) < 4.78 is 5.64. The van der Waals surface area contributed by atoms with Crippen molar-refractivity contribution < 1.29 is 4.74 Å². The van der Waals surface area contributed by atoms with Gasteiger partial charge in [-0.2, -0.15) is 0 Å². The average Bonchev–Trinajstić information content (AvgIpc) is 2.86. The minimum atomic E-state index is 0.694. The van der Waals surface area contributed by atoms with Gasteiger partial charge in [0.25, 0.3) is 0 Å². The summed E-state index contributed by atoms with van der Waals surface area (Å²) in [6.07, 6.45) is 9.64. The van der Waals surface area contributed by atoms with Crippen LogP contribution in [-0.2, 0) is 11.3 Å². The normalized spacial score (nSPS) is 18.4. The molecule has 4 rings (SSSR count). The molecule has 1 nitrogen and oxygen atoms in total. The van der Waals surface area contributed by atoms with E-state index in [1.54, 1.807) is 0 Å². The van der Waals surface area contributed by atoms with E-state index in [0.717, 1.165) is 24.9 Å². The Morgan fingerprint density at radius 1 is 0.750 bits per heavy atom. The molecular formula is C31H36O. The van der Waals surface area contributed by atoms with Crippen LogP contribution in [0.3, 0.4) is 0 Å². The lowest BCUT2D eigenvalue weighted by Crippen LogP contribution is -2.12. The number of ether oxygens (including phenoxy) is 1. The van der Waals surface area contributed by atoms with Crippen molar-refractivity contribution in [2.24, 2.45) is 5.92 Å². The summed E-state index contributed by atoms with van der Waals surface area (Å²) >= 11 is 0. The third kappa shape index (κ3) is 5.78. The molecule has 0 spiro atoms. The van der Waals surface area contributed by atoms with Crippen LogP contribution < -0.4 is 0 Å². The number of allylic oxidation sites excluding steroid dienone is 1. The van der Waals surface area contributed by atoms with Gasteiger partial charge < -0.3 is 4.74 Å². The van der Waals surface area contributed by atoms with E-state index in [1.165, 1.54) is 65.5 Å². The maximum Gasteiger partial charge on any atom is 0.0716 e. The molecule has 0 amide bonds. The largest absolute Gasteiger partial charge is 0.377 e. The molecule has 0 radical (unpaired) electrons. The first-order valence-corrected chi connectivity index (χ1v) is 12.2. The van der Waals surface area contributed by atoms with Gasteiger partial charge in [0.1, 0.15) is 0 Å². The smallest absolute Gasteiger partial charge is 0.0716 e. The Morgan fingerprint density at radius 2 is 1.25 bits per heavy atom. The van der Waals surface area contributed by atoms with Crippen LogP contribution in [0.2, 0.25) is 0 Å². The van der Waals surface area contributed by atoms with Crippen molar-refractivity contribution in [3.63, 3.8) is 0 Å². The summed E-state index contributed by atoms with van der Waals surface area (Å²) in [4.78, 5) is 0. The summed E-state index contributed by atoms with van der Waals surface area (Å²) in [5, 5.41) is 0. The molecule has 0 aliphatic heterocycles. The van der Waals surface area contributed by atoms with Crippen molar-refractivity contribution >= 4 is 0 Å². The van der Waals surface area contributed by atoms with Crippen molar-refractivity contribution in [3.8, 4) is 22.3 Å². The average molecular weight is 425 g/mol. The maximum absolute atomic E-state index is 5.64. The van der Waals surface area contributed by atoms with Crippen molar-refractivity contribution in [2.75, 3.05) is 6.61 Å². The van der Waals surface area contributed by atoms with Crippen molar-refractivity contribution in [2.45, 2.75) is 58.0 Å². The van der Waals surface area contributed by atoms with Crippen molar-refractivity contribution in [1.82, 2.24) is 0 Å². The fraction of sp³-hybridized carbons (Fsp3) is 0.355. The first-order chi connectivity index (χ1) is 15.8. The van der Waals surface area contributed by atoms with Gasteiger partial charge in [-0.25, -0.2) is 0 Å². The molecule has 32 heavy (non-hydrogen) atoms. The molecule has 0 atom stereocenters. The van der Waals surface area contributed by atoms with Crippen molar-refractivity contribution in [1.29, 1.82) is 0 Å². The van der Waals surface area contributed by atoms with Crippen molar-refractivity contribution in [3.05, 3.63) is 96.6 Å². The van der Waals surface area contributed by atoms with Gasteiger partial charge >= 0.3 is 0 Å². The zero-order chi connectivity index (χ0) is 22.2. The van der Waals surface area contributed by atoms with Crippen LogP contribution >= 0.6 is 0 Å². The topological polar surface area (TPSA) is 9.23 Å². The highest BCUT2D eigenvalue weighted by Crippen LogP contribution is 2.37. The highest BCUT2D eigenvalue weighted by atomic mass is 16.5. The predicted molar refractivity (Wildman–Crippen MR) is 137 cm³/mol. The summed E-state index contributed by atoms with van der Waals surface area (Å²) in [7, 11) is 0. The molecule has 0 N–H and O–H groups in total. The monoisotopic (exact) mass is 424 g/mol. The Balaban J connectivity index is 1.37. The Labute approximate surface area is 194 Å². The lowest BCUT2D eigenvalue weighted by atomic mass is 9.77. The van der Waals surface area contributed by atoms with Gasteiger partial charge in [-0.15, -0.1) is 6.58 Å². The van der Waals surface area contributed by atoms with Gasteiger partial charge in [0.15, 0.2) is 0 Å². The zero-order valence-corrected chi connectivity index (χ0v) is 19.4. The Hall–Kier alpha value is -2.64. The Morgan fingerprint density at radius 3 is 1.75 bits per heavy atom. The minimum absolute atomic E-state index is 0.694. The molecule has 0 unspecified atom stereocenters. The number of benzene rings is 3. The maximum atomic E-state index is 5.64. The van der Waals surface area contributed by atoms with Gasteiger partial charge in [0, 0.05) is 6.61 Å². The van der Waals surface area contributed by atoms with Gasteiger partial charge in [-0.05, 0) is 83.7 Å². The molecule has 166 valence electrons. The van der Waals surface area contributed by atoms with E-state index in [-0.39, 0.29) is 0 Å². The van der Waals surface area contributed by atoms with Gasteiger partial charge in [-0.1, -0.05) is 85.8 Å². The molecule has 0 bridgehead atoms. The second kappa shape index (κ2) is 11.3. The Kier molecular flexibility index (Phi) is 7.96. The molecule has 1 heteroatoms. The molecule has 1 aliphatic rings. The number of rotatable bonds is 9. The summed E-state index contributed by atoms with van der Waals surface area (Å²) in [5.41, 5.74) is 7.81. The third-order valence-corrected chi connectivity index (χ3v) is 6.85. The summed E-state index contributed by atoms with van der Waals surface area (Å²) in [6.45, 7) is 7.55. The standard InChI is InChI=1S/C31H36O/c1-3-5-24-6-10-26(11-7-24)28-14-18-30(19-15-28)31-20-16-29(17-21-31)27-12-8-25(9-13-27)23-32-22-4-2/h3,8-9,12-21,24,26H,1,4-7,10-11,22-23H2,2H3. The molecule has 1 fully saturated rings. The summed E-state index contributed by atoms with van der Waals surface area (Å²) in [6, 6.07) is 27.0. The zero-order valence-electron chi connectivity index (χ0n) is 19.4. The van der Waals surface area contributed by atoms with E-state index in [1.807, 2.05) is 0 Å². The molecule has 0 aromatic heterocycles. The summed E-state index contributed by atoms with van der Waals surface area (Å²) in [5.74, 6) is 1.58. The minimum Gasteiger partial charge on any atom is -0.377 e. The van der Waals surface area contributed by atoms with E-state index in [4.69, 9.17) is 4.74 Å². The highest BCUT2D eigenvalue weighted by molar-refractivity contribution is 5.70. The van der Waals surface area contributed by atoms with Gasteiger partial charge in [0.2, 0.25) is 0 Å². The molecule has 0 saturated heterocycles. The van der Waals surface area contributed by atoms with Gasteiger partial charge in [-0.3, -0.25) is 0 Å². The van der Waals surface area contributed by atoms with Crippen LogP contribution in [0, 0.1) is 5.92 Å². The highest BCUT2D eigenvalue weighted by Gasteiger charge is 2.21. The lowest BCUT2D eigenvalue weighted by Gasteiger charge is -2.28. The number of hydrogen-bond donors (Lipinski definition) is 0. The molecular weight excluding hydrogens is 388 g/mol. The van der Waals surface area contributed by atoms with Crippen LogP contribution in [0.15, 0.2) is 85.5 Å². The molecule has 1 aliphatic carbocycles. The second-order valence-corrected chi connectivity index (χ2v) is 9.19. The fourth-order valence-corrected chi connectivity index (χ4v) is 4.90. The van der Waals surface area contributed by atoms with Crippen LogP contribution in [0.25, 0.3) is 22.3 Å². The van der Waals surface area contributed by atoms with Crippen LogP contribution in [0.1, 0.15) is 62.5 Å². The fourth-order valence-electron chi connectivity index (χ4n) is 4.90. The SMILES string of the molecule is C=CCC1CCC(c2ccc(-c3ccc(-c4ccc(COCCC)cc4)cc3)cc2)CC1. The van der Waals surface area contributed by atoms with E-state index >= 15 is 0 Å². The first kappa shape index (κ1) is 22.6. The molecule has 3 aromatic rings. The molecule has 3 aromatic carbocycles. The lowest BCUT2D eigenvalue weighted by molar-refractivity contribution is 0.121. The molecule has 1 saturated carbocycles. The van der Waals surface area contributed by atoms with E-state index in [9.17, 15) is 0 Å². The van der Waals surface area contributed by atoms with E-state index in [0.29, 0.717) is 6.61 Å². The predicted octanol–water partition coefficient (Wildman–Crippen LogP) is 8.80. The van der Waals surface area contributed by atoms with Crippen LogP contribution in [-0.4, -0.2) is 6.61 Å². The van der Waals surface area contributed by atoms with Crippen LogP contribution in [0.4, 0.5) is 0 Å². The second-order valence-electron chi connectivity index (χ2n) is 9.19. The first-order valence-electron chi connectivity index (χ1n) is 12.2.